The van der Waals surface area contributed by atoms with Crippen LogP contribution in [-0.2, 0) is 0 Å². The molecular formula is C15H25NO. The van der Waals surface area contributed by atoms with E-state index in [2.05, 4.69) is 10.8 Å². The van der Waals surface area contributed by atoms with Gasteiger partial charge in [0, 0.05) is 12.0 Å². The van der Waals surface area contributed by atoms with Gasteiger partial charge in [0.1, 0.15) is 0 Å². The minimum atomic E-state index is -0.170. The van der Waals surface area contributed by atoms with Crippen molar-refractivity contribution >= 4 is 0 Å². The molecule has 0 radical (unpaired) electrons. The lowest BCUT2D eigenvalue weighted by Crippen LogP contribution is -2.53. The quantitative estimate of drug-likeness (QED) is 0.585. The van der Waals surface area contributed by atoms with Gasteiger partial charge in [-0.05, 0) is 51.6 Å². The van der Waals surface area contributed by atoms with Gasteiger partial charge in [-0.1, -0.05) is 12.8 Å². The summed E-state index contributed by atoms with van der Waals surface area (Å²) in [6, 6.07) is 0. The zero-order valence-corrected chi connectivity index (χ0v) is 10.8. The highest BCUT2D eigenvalue weighted by Crippen LogP contribution is 2.41. The average Bonchev–Trinajstić information content (AvgIpc) is 3.00. The molecule has 0 bridgehead atoms. The van der Waals surface area contributed by atoms with Crippen molar-refractivity contribution in [2.45, 2.75) is 69.4 Å². The van der Waals surface area contributed by atoms with Crippen LogP contribution >= 0.6 is 0 Å². The van der Waals surface area contributed by atoms with Crippen molar-refractivity contribution in [2.75, 3.05) is 13.1 Å². The Hall–Kier alpha value is -0.520. The summed E-state index contributed by atoms with van der Waals surface area (Å²) >= 11 is 0. The lowest BCUT2D eigenvalue weighted by molar-refractivity contribution is -0.0226. The van der Waals surface area contributed by atoms with Crippen molar-refractivity contribution in [3.8, 4) is 12.3 Å². The Morgan fingerprint density at radius 2 is 1.82 bits per heavy atom. The van der Waals surface area contributed by atoms with E-state index in [1.807, 2.05) is 0 Å². The minimum absolute atomic E-state index is 0.102. The molecule has 1 saturated heterocycles. The van der Waals surface area contributed by atoms with Crippen molar-refractivity contribution in [1.82, 2.24) is 4.90 Å². The molecule has 1 aliphatic heterocycles. The number of aliphatic hydroxyl groups is 1. The lowest BCUT2D eigenvalue weighted by atomic mass is 9.85. The number of likely N-dealkylation sites (tertiary alicyclic amines) is 1. The van der Waals surface area contributed by atoms with Crippen molar-refractivity contribution in [1.29, 1.82) is 0 Å². The molecule has 0 amide bonds. The lowest BCUT2D eigenvalue weighted by Gasteiger charge is -2.42. The summed E-state index contributed by atoms with van der Waals surface area (Å²) in [6.45, 7) is 2.37. The summed E-state index contributed by atoms with van der Waals surface area (Å²) in [7, 11) is 0. The number of rotatable bonds is 5. The van der Waals surface area contributed by atoms with Crippen LogP contribution in [0.3, 0.4) is 0 Å². The smallest absolute Gasteiger partial charge is 0.0724 e. The number of hydrogen-bond donors (Lipinski definition) is 1. The number of nitrogens with zero attached hydrogens (tertiary/aromatic N) is 1. The second-order valence-corrected chi connectivity index (χ2v) is 5.62. The van der Waals surface area contributed by atoms with Gasteiger partial charge in [0.25, 0.3) is 0 Å². The first kappa shape index (κ1) is 12.9. The topological polar surface area (TPSA) is 23.5 Å². The first-order valence-corrected chi connectivity index (χ1v) is 7.16. The molecule has 0 aromatic rings. The summed E-state index contributed by atoms with van der Waals surface area (Å²) in [5.74, 6) is 2.67. The molecular weight excluding hydrogens is 210 g/mol. The van der Waals surface area contributed by atoms with E-state index < -0.39 is 0 Å². The second kappa shape index (κ2) is 5.89. The largest absolute Gasteiger partial charge is 0.391 e. The molecule has 1 saturated carbocycles. The second-order valence-electron chi connectivity index (χ2n) is 5.62. The van der Waals surface area contributed by atoms with E-state index in [1.165, 1.54) is 51.6 Å². The molecule has 17 heavy (non-hydrogen) atoms. The Morgan fingerprint density at radius 1 is 1.18 bits per heavy atom. The van der Waals surface area contributed by atoms with Crippen LogP contribution in [0.5, 0.6) is 0 Å². The molecule has 0 aromatic heterocycles. The molecule has 0 spiro atoms. The normalized spacial score (nSPS) is 25.9. The van der Waals surface area contributed by atoms with Crippen molar-refractivity contribution < 1.29 is 5.11 Å². The maximum Gasteiger partial charge on any atom is 0.0724 e. The first-order chi connectivity index (χ1) is 8.29. The van der Waals surface area contributed by atoms with Gasteiger partial charge in [0.2, 0.25) is 0 Å². The van der Waals surface area contributed by atoms with Gasteiger partial charge < -0.3 is 5.11 Å². The van der Waals surface area contributed by atoms with Gasteiger partial charge >= 0.3 is 0 Å². The van der Waals surface area contributed by atoms with E-state index in [1.54, 1.807) is 0 Å². The standard InChI is InChI=1S/C15H25NO/c1-2-3-4-9-14(17)15(10-5-6-11-15)16-12-7-8-13-16/h1,14,17H,3-13H2. The number of hydrogen-bond acceptors (Lipinski definition) is 2. The highest BCUT2D eigenvalue weighted by molar-refractivity contribution is 5.01. The van der Waals surface area contributed by atoms with Crippen molar-refractivity contribution in [3.05, 3.63) is 0 Å². The number of unbranched alkanes of at least 4 members (excludes halogenated alkanes) is 1. The third-order valence-corrected chi connectivity index (χ3v) is 4.62. The van der Waals surface area contributed by atoms with Gasteiger partial charge in [-0.2, -0.15) is 0 Å². The number of aliphatic hydroxyl groups excluding tert-OH is 1. The zero-order chi connectivity index (χ0) is 12.1. The maximum atomic E-state index is 10.6. The van der Waals surface area contributed by atoms with Crippen molar-refractivity contribution in [2.24, 2.45) is 0 Å². The maximum absolute atomic E-state index is 10.6. The van der Waals surface area contributed by atoms with Crippen LogP contribution in [0.25, 0.3) is 0 Å². The molecule has 2 heteroatoms. The Bertz CT molecular complexity index is 269. The van der Waals surface area contributed by atoms with Gasteiger partial charge in [-0.25, -0.2) is 0 Å². The predicted molar refractivity (Wildman–Crippen MR) is 70.7 cm³/mol. The van der Waals surface area contributed by atoms with E-state index in [9.17, 15) is 5.11 Å². The third-order valence-electron chi connectivity index (χ3n) is 4.62. The average molecular weight is 235 g/mol. The van der Waals surface area contributed by atoms with Crippen LogP contribution in [0.15, 0.2) is 0 Å². The third kappa shape index (κ3) is 2.67. The van der Waals surface area contributed by atoms with Gasteiger partial charge in [-0.3, -0.25) is 4.90 Å². The monoisotopic (exact) mass is 235 g/mol. The molecule has 2 fully saturated rings. The van der Waals surface area contributed by atoms with Crippen LogP contribution in [0.2, 0.25) is 0 Å². The first-order valence-electron chi connectivity index (χ1n) is 7.16. The predicted octanol–water partition coefficient (Wildman–Crippen LogP) is 2.56. The molecule has 1 N–H and O–H groups in total. The van der Waals surface area contributed by atoms with Crippen LogP contribution < -0.4 is 0 Å². The highest BCUT2D eigenvalue weighted by atomic mass is 16.3. The fraction of sp³-hybridized carbons (Fsp3) is 0.867. The zero-order valence-electron chi connectivity index (χ0n) is 10.8. The molecule has 1 heterocycles. The molecule has 1 unspecified atom stereocenters. The summed E-state index contributed by atoms with van der Waals surface area (Å²) in [5, 5.41) is 10.6. The Kier molecular flexibility index (Phi) is 4.48. The minimum Gasteiger partial charge on any atom is -0.391 e. The molecule has 1 aliphatic carbocycles. The van der Waals surface area contributed by atoms with Crippen LogP contribution in [0, 0.1) is 12.3 Å². The summed E-state index contributed by atoms with van der Waals surface area (Å²) in [6.07, 6.45) is 15.3. The SMILES string of the molecule is C#CCCCC(O)C1(N2CCCC2)CCCC1. The van der Waals surface area contributed by atoms with Gasteiger partial charge in [0.05, 0.1) is 6.10 Å². The van der Waals surface area contributed by atoms with E-state index in [4.69, 9.17) is 6.42 Å². The van der Waals surface area contributed by atoms with E-state index in [0.29, 0.717) is 0 Å². The van der Waals surface area contributed by atoms with E-state index in [-0.39, 0.29) is 11.6 Å². The van der Waals surface area contributed by atoms with Crippen LogP contribution in [0.4, 0.5) is 0 Å². The Labute approximate surface area is 105 Å². The molecule has 2 aliphatic rings. The van der Waals surface area contributed by atoms with Gasteiger partial charge in [-0.15, -0.1) is 12.3 Å². The van der Waals surface area contributed by atoms with Crippen LogP contribution in [-0.4, -0.2) is 34.7 Å². The van der Waals surface area contributed by atoms with E-state index in [0.717, 1.165) is 19.3 Å². The van der Waals surface area contributed by atoms with Crippen LogP contribution in [0.1, 0.15) is 57.8 Å². The Balaban J connectivity index is 1.97. The fourth-order valence-electron chi connectivity index (χ4n) is 3.68. The van der Waals surface area contributed by atoms with E-state index >= 15 is 0 Å². The van der Waals surface area contributed by atoms with Gasteiger partial charge in [0.15, 0.2) is 0 Å². The molecule has 1 atom stereocenters. The van der Waals surface area contributed by atoms with Crippen molar-refractivity contribution in [3.63, 3.8) is 0 Å². The Morgan fingerprint density at radius 3 is 2.41 bits per heavy atom. The molecule has 2 nitrogen and oxygen atoms in total. The summed E-state index contributed by atoms with van der Waals surface area (Å²) < 4.78 is 0. The molecule has 2 rings (SSSR count). The summed E-state index contributed by atoms with van der Waals surface area (Å²) in [4.78, 5) is 2.57. The molecule has 96 valence electrons. The fourth-order valence-corrected chi connectivity index (χ4v) is 3.68. The number of terminal acetylenes is 1. The summed E-state index contributed by atoms with van der Waals surface area (Å²) in [5.41, 5.74) is 0.102. The highest BCUT2D eigenvalue weighted by Gasteiger charge is 2.45. The molecule has 0 aromatic carbocycles.